The van der Waals surface area contributed by atoms with Crippen LogP contribution < -0.4 is 0 Å². The van der Waals surface area contributed by atoms with E-state index in [4.69, 9.17) is 4.74 Å². The first-order valence-electron chi connectivity index (χ1n) is 6.81. The molecule has 0 N–H and O–H groups in total. The Hall–Kier alpha value is -2.24. The van der Waals surface area contributed by atoms with Crippen LogP contribution >= 0.6 is 0 Å². The Balaban J connectivity index is 2.53. The molecular formula is C15H17NO5. The summed E-state index contributed by atoms with van der Waals surface area (Å²) in [6.07, 6.45) is 1.11. The van der Waals surface area contributed by atoms with E-state index in [1.54, 1.807) is 30.3 Å². The van der Waals surface area contributed by atoms with Gasteiger partial charge in [0.1, 0.15) is 5.41 Å². The Morgan fingerprint density at radius 1 is 1.43 bits per heavy atom. The van der Waals surface area contributed by atoms with E-state index in [1.807, 2.05) is 0 Å². The van der Waals surface area contributed by atoms with E-state index in [0.29, 0.717) is 18.4 Å². The van der Waals surface area contributed by atoms with Gasteiger partial charge >= 0.3 is 5.97 Å². The smallest absolute Gasteiger partial charge is 0.320 e. The fraction of sp³-hybridized carbons (Fsp3) is 0.467. The highest BCUT2D eigenvalue weighted by molar-refractivity contribution is 6.06. The molecule has 0 aliphatic heterocycles. The van der Waals surface area contributed by atoms with Gasteiger partial charge in [-0.3, -0.25) is 19.7 Å². The second-order valence-corrected chi connectivity index (χ2v) is 5.22. The molecule has 2 rings (SSSR count). The maximum atomic E-state index is 12.4. The number of esters is 1. The average Bonchev–Trinajstić information content (AvgIpc) is 2.87. The number of nitrogens with zero attached hydrogens (tertiary/aromatic N) is 1. The summed E-state index contributed by atoms with van der Waals surface area (Å²) in [6.45, 7) is -0.467. The molecule has 6 nitrogen and oxygen atoms in total. The summed E-state index contributed by atoms with van der Waals surface area (Å²) in [5.74, 6) is -1.72. The van der Waals surface area contributed by atoms with Crippen molar-refractivity contribution in [2.75, 3.05) is 13.7 Å². The van der Waals surface area contributed by atoms with Crippen molar-refractivity contribution in [2.45, 2.75) is 25.2 Å². The number of rotatable bonds is 5. The van der Waals surface area contributed by atoms with Gasteiger partial charge in [-0.1, -0.05) is 30.3 Å². The third-order valence-corrected chi connectivity index (χ3v) is 4.15. The summed E-state index contributed by atoms with van der Waals surface area (Å²) in [7, 11) is 1.21. The van der Waals surface area contributed by atoms with Crippen LogP contribution in [0.15, 0.2) is 30.3 Å². The first-order chi connectivity index (χ1) is 10.0. The van der Waals surface area contributed by atoms with E-state index in [0.717, 1.165) is 0 Å². The number of methoxy groups -OCH3 is 1. The Morgan fingerprint density at radius 2 is 2.10 bits per heavy atom. The number of hydrogen-bond donors (Lipinski definition) is 0. The number of ether oxygens (including phenoxy) is 1. The molecule has 2 atom stereocenters. The molecule has 1 fully saturated rings. The summed E-state index contributed by atoms with van der Waals surface area (Å²) in [5, 5.41) is 11.0. The van der Waals surface area contributed by atoms with Gasteiger partial charge in [-0.05, 0) is 18.4 Å². The maximum Gasteiger partial charge on any atom is 0.320 e. The summed E-state index contributed by atoms with van der Waals surface area (Å²) < 4.78 is 4.81. The second-order valence-electron chi connectivity index (χ2n) is 5.22. The molecule has 1 saturated carbocycles. The normalized spacial score (nSPS) is 22.8. The molecular weight excluding hydrogens is 274 g/mol. The molecule has 0 unspecified atom stereocenters. The average molecular weight is 291 g/mol. The lowest BCUT2D eigenvalue weighted by Crippen LogP contribution is -2.44. The minimum absolute atomic E-state index is 0.259. The molecule has 0 bridgehead atoms. The van der Waals surface area contributed by atoms with E-state index in [9.17, 15) is 19.7 Å². The molecule has 0 spiro atoms. The molecule has 0 aromatic heterocycles. The molecule has 1 aliphatic carbocycles. The number of ketones is 1. The highest BCUT2D eigenvalue weighted by Gasteiger charge is 2.57. The van der Waals surface area contributed by atoms with Crippen LogP contribution in [0.3, 0.4) is 0 Å². The van der Waals surface area contributed by atoms with Crippen molar-refractivity contribution >= 4 is 11.8 Å². The molecule has 0 amide bonds. The van der Waals surface area contributed by atoms with E-state index in [-0.39, 0.29) is 12.2 Å². The quantitative estimate of drug-likeness (QED) is 0.358. The van der Waals surface area contributed by atoms with Crippen LogP contribution in [0.4, 0.5) is 0 Å². The van der Waals surface area contributed by atoms with Gasteiger partial charge in [0.25, 0.3) is 0 Å². The SMILES string of the molecule is COC(=O)[C@@]1([C@@H](C[N+](=O)[O-])c2ccccc2)CCCC1=O. The lowest BCUT2D eigenvalue weighted by molar-refractivity contribution is -0.485. The molecule has 0 heterocycles. The zero-order chi connectivity index (χ0) is 15.5. The first-order valence-corrected chi connectivity index (χ1v) is 6.81. The van der Waals surface area contributed by atoms with Crippen LogP contribution in [0.5, 0.6) is 0 Å². The van der Waals surface area contributed by atoms with Crippen molar-refractivity contribution in [3.63, 3.8) is 0 Å². The number of carbonyl (C=O) groups is 2. The van der Waals surface area contributed by atoms with Crippen LogP contribution in [0.25, 0.3) is 0 Å². The standard InChI is InChI=1S/C15H17NO5/c1-21-14(18)15(9-5-8-13(15)17)12(10-16(19)20)11-6-3-2-4-7-11/h2-4,6-7,12H,5,8-10H2,1H3/t12-,15+/m0/s1. The van der Waals surface area contributed by atoms with E-state index in [2.05, 4.69) is 0 Å². The minimum Gasteiger partial charge on any atom is -0.468 e. The molecule has 6 heteroatoms. The van der Waals surface area contributed by atoms with Crippen molar-refractivity contribution in [1.82, 2.24) is 0 Å². The first kappa shape index (κ1) is 15.2. The third kappa shape index (κ3) is 2.66. The second kappa shape index (κ2) is 6.03. The molecule has 112 valence electrons. The Kier molecular flexibility index (Phi) is 4.35. The zero-order valence-electron chi connectivity index (χ0n) is 11.8. The van der Waals surface area contributed by atoms with Crippen LogP contribution in [0.1, 0.15) is 30.7 Å². The summed E-state index contributed by atoms with van der Waals surface area (Å²) in [4.78, 5) is 35.2. The molecule has 0 saturated heterocycles. The van der Waals surface area contributed by atoms with Gasteiger partial charge in [0.2, 0.25) is 6.54 Å². The van der Waals surface area contributed by atoms with Crippen LogP contribution in [-0.4, -0.2) is 30.3 Å². The summed E-state index contributed by atoms with van der Waals surface area (Å²) in [6, 6.07) is 8.70. The third-order valence-electron chi connectivity index (χ3n) is 4.15. The van der Waals surface area contributed by atoms with Crippen molar-refractivity contribution in [3.05, 3.63) is 46.0 Å². The molecule has 1 aliphatic rings. The number of nitro groups is 1. The predicted molar refractivity (Wildman–Crippen MR) is 74.4 cm³/mol. The number of hydrogen-bond acceptors (Lipinski definition) is 5. The summed E-state index contributed by atoms with van der Waals surface area (Å²) in [5.41, 5.74) is -0.807. The topological polar surface area (TPSA) is 86.5 Å². The van der Waals surface area contributed by atoms with Gasteiger partial charge in [0, 0.05) is 11.3 Å². The Labute approximate surface area is 122 Å². The summed E-state index contributed by atoms with van der Waals surface area (Å²) >= 11 is 0. The molecule has 1 aromatic rings. The van der Waals surface area contributed by atoms with Crippen LogP contribution in [0.2, 0.25) is 0 Å². The van der Waals surface area contributed by atoms with Gasteiger partial charge < -0.3 is 4.74 Å². The van der Waals surface area contributed by atoms with Crippen molar-refractivity contribution in [2.24, 2.45) is 5.41 Å². The van der Waals surface area contributed by atoms with Crippen molar-refractivity contribution in [1.29, 1.82) is 0 Å². The number of Topliss-reactive ketones (excluding diaryl/α,β-unsaturated/α-hetero) is 1. The van der Waals surface area contributed by atoms with Gasteiger partial charge in [0.05, 0.1) is 13.0 Å². The fourth-order valence-electron chi connectivity index (χ4n) is 3.18. The predicted octanol–water partition coefficient (Wildman–Crippen LogP) is 1.96. The van der Waals surface area contributed by atoms with Crippen molar-refractivity contribution in [3.8, 4) is 0 Å². The maximum absolute atomic E-state index is 12.4. The molecule has 21 heavy (non-hydrogen) atoms. The molecule has 0 radical (unpaired) electrons. The number of benzene rings is 1. The Bertz CT molecular complexity index is 556. The minimum atomic E-state index is -1.43. The lowest BCUT2D eigenvalue weighted by Gasteiger charge is -2.31. The molecule has 1 aromatic carbocycles. The van der Waals surface area contributed by atoms with Crippen molar-refractivity contribution < 1.29 is 19.2 Å². The highest BCUT2D eigenvalue weighted by Crippen LogP contribution is 2.47. The van der Waals surface area contributed by atoms with Gasteiger partial charge in [-0.15, -0.1) is 0 Å². The monoisotopic (exact) mass is 291 g/mol. The zero-order valence-corrected chi connectivity index (χ0v) is 11.8. The van der Waals surface area contributed by atoms with E-state index < -0.39 is 28.8 Å². The van der Waals surface area contributed by atoms with Crippen LogP contribution in [-0.2, 0) is 14.3 Å². The van der Waals surface area contributed by atoms with E-state index >= 15 is 0 Å². The fourth-order valence-corrected chi connectivity index (χ4v) is 3.18. The lowest BCUT2D eigenvalue weighted by atomic mass is 9.70. The highest BCUT2D eigenvalue weighted by atomic mass is 16.6. The van der Waals surface area contributed by atoms with Gasteiger partial charge in [-0.2, -0.15) is 0 Å². The number of carbonyl (C=O) groups excluding carboxylic acids is 2. The van der Waals surface area contributed by atoms with Crippen LogP contribution in [0, 0.1) is 15.5 Å². The van der Waals surface area contributed by atoms with E-state index in [1.165, 1.54) is 7.11 Å². The van der Waals surface area contributed by atoms with Gasteiger partial charge in [-0.25, -0.2) is 0 Å². The Morgan fingerprint density at radius 3 is 2.57 bits per heavy atom. The largest absolute Gasteiger partial charge is 0.468 e. The van der Waals surface area contributed by atoms with Gasteiger partial charge in [0.15, 0.2) is 5.78 Å².